The van der Waals surface area contributed by atoms with E-state index in [0.717, 1.165) is 17.3 Å². The van der Waals surface area contributed by atoms with Crippen LogP contribution < -0.4 is 14.4 Å². The molecule has 4 rings (SSSR count). The van der Waals surface area contributed by atoms with Crippen LogP contribution in [0.15, 0.2) is 77.7 Å². The number of nitrogens with zero attached hydrogens (tertiary/aromatic N) is 2. The summed E-state index contributed by atoms with van der Waals surface area (Å²) < 4.78 is 11.6. The third-order valence-electron chi connectivity index (χ3n) is 4.97. The van der Waals surface area contributed by atoms with Crippen LogP contribution in [-0.2, 0) is 4.79 Å². The van der Waals surface area contributed by atoms with E-state index in [2.05, 4.69) is 0 Å². The average molecular weight is 523 g/mol. The molecular weight excluding hydrogens is 504 g/mol. The first-order valence-corrected chi connectivity index (χ1v) is 11.8. The number of anilines is 1. The molecule has 0 spiro atoms. The van der Waals surface area contributed by atoms with Gasteiger partial charge < -0.3 is 14.6 Å². The molecule has 3 aromatic rings. The van der Waals surface area contributed by atoms with Crippen molar-refractivity contribution in [3.63, 3.8) is 0 Å². The molecule has 1 heterocycles. The van der Waals surface area contributed by atoms with Crippen LogP contribution in [0.3, 0.4) is 0 Å². The van der Waals surface area contributed by atoms with Crippen LogP contribution >= 0.6 is 24.0 Å². The molecule has 0 saturated carbocycles. The first kappa shape index (κ1) is 24.9. The van der Waals surface area contributed by atoms with Gasteiger partial charge in [-0.15, -0.1) is 0 Å². The number of non-ortho nitro benzene ring substituents is 1. The van der Waals surface area contributed by atoms with Gasteiger partial charge in [-0.1, -0.05) is 42.2 Å². The number of carbonyl (C=O) groups is 2. The molecule has 9 nitrogen and oxygen atoms in total. The lowest BCUT2D eigenvalue weighted by molar-refractivity contribution is -0.384. The van der Waals surface area contributed by atoms with E-state index < -0.39 is 10.9 Å². The van der Waals surface area contributed by atoms with Crippen molar-refractivity contribution in [3.8, 4) is 11.5 Å². The first-order valence-electron chi connectivity index (χ1n) is 10.5. The number of benzene rings is 3. The Morgan fingerprint density at radius 1 is 1.03 bits per heavy atom. The summed E-state index contributed by atoms with van der Waals surface area (Å²) in [5, 5.41) is 19.9. The molecule has 11 heteroatoms. The molecule has 182 valence electrons. The second kappa shape index (κ2) is 11.0. The quantitative estimate of drug-likeness (QED) is 0.134. The number of hydrogen-bond donors (Lipinski definition) is 1. The molecule has 1 amide bonds. The fourth-order valence-electron chi connectivity index (χ4n) is 3.30. The molecule has 0 unspecified atom stereocenters. The summed E-state index contributed by atoms with van der Waals surface area (Å²) in [7, 11) is 0. The van der Waals surface area contributed by atoms with Crippen LogP contribution in [0, 0.1) is 10.1 Å². The highest BCUT2D eigenvalue weighted by molar-refractivity contribution is 8.27. The molecule has 3 aromatic carbocycles. The fourth-order valence-corrected chi connectivity index (χ4v) is 4.60. The van der Waals surface area contributed by atoms with Crippen molar-refractivity contribution >= 4 is 57.6 Å². The van der Waals surface area contributed by atoms with Crippen LogP contribution in [0.1, 0.15) is 15.9 Å². The standard InChI is InChI=1S/C25H18N2O7S2/c28-23-22(36-25(35)26(23)19-5-2-4-17(15-19)24(29)30)14-16-3-1-6-21(13-16)34-12-11-33-20-9-7-18(8-10-20)27(31)32/h1-10,13-15H,11-12H2,(H,29,30). The van der Waals surface area contributed by atoms with E-state index in [1.54, 1.807) is 36.4 Å². The zero-order valence-corrected chi connectivity index (χ0v) is 20.2. The minimum atomic E-state index is -1.09. The molecule has 1 aliphatic heterocycles. The van der Waals surface area contributed by atoms with Gasteiger partial charge in [-0.3, -0.25) is 19.8 Å². The van der Waals surface area contributed by atoms with Gasteiger partial charge in [-0.2, -0.15) is 0 Å². The minimum Gasteiger partial charge on any atom is -0.490 e. The maximum absolute atomic E-state index is 13.0. The summed E-state index contributed by atoms with van der Waals surface area (Å²) >= 11 is 6.50. The number of thioether (sulfide) groups is 1. The van der Waals surface area contributed by atoms with E-state index in [9.17, 15) is 24.8 Å². The number of carboxylic acid groups (broad SMARTS) is 1. The second-order valence-corrected chi connectivity index (χ2v) is 9.07. The Hall–Kier alpha value is -4.22. The van der Waals surface area contributed by atoms with E-state index in [-0.39, 0.29) is 30.4 Å². The van der Waals surface area contributed by atoms with E-state index in [1.165, 1.54) is 41.3 Å². The SMILES string of the molecule is O=C(O)c1cccc(N2C(=O)C(=Cc3cccc(OCCOc4ccc([N+](=O)[O-])cc4)c3)SC2=S)c1. The predicted molar refractivity (Wildman–Crippen MR) is 140 cm³/mol. The van der Waals surface area contributed by atoms with Crippen LogP contribution in [0.4, 0.5) is 11.4 Å². The molecule has 1 saturated heterocycles. The Morgan fingerprint density at radius 3 is 2.42 bits per heavy atom. The predicted octanol–water partition coefficient (Wildman–Crippen LogP) is 5.16. The number of aromatic carboxylic acids is 1. The van der Waals surface area contributed by atoms with Gasteiger partial charge in [0.1, 0.15) is 24.7 Å². The summed E-state index contributed by atoms with van der Waals surface area (Å²) in [4.78, 5) is 36.2. The summed E-state index contributed by atoms with van der Waals surface area (Å²) in [5.74, 6) is -0.363. The Morgan fingerprint density at radius 2 is 1.72 bits per heavy atom. The molecule has 1 fully saturated rings. The smallest absolute Gasteiger partial charge is 0.335 e. The van der Waals surface area contributed by atoms with E-state index in [0.29, 0.717) is 26.4 Å². The van der Waals surface area contributed by atoms with Crippen LogP contribution in [0.5, 0.6) is 11.5 Å². The monoisotopic (exact) mass is 522 g/mol. The first-order chi connectivity index (χ1) is 17.3. The van der Waals surface area contributed by atoms with Gasteiger partial charge in [0.05, 0.1) is 21.1 Å². The number of nitro groups is 1. The van der Waals surface area contributed by atoms with Gasteiger partial charge in [0, 0.05) is 12.1 Å². The Kier molecular flexibility index (Phi) is 7.62. The van der Waals surface area contributed by atoms with Crippen LogP contribution in [0.25, 0.3) is 6.08 Å². The van der Waals surface area contributed by atoms with Crippen molar-refractivity contribution in [1.82, 2.24) is 0 Å². The van der Waals surface area contributed by atoms with Crippen molar-refractivity contribution < 1.29 is 29.1 Å². The minimum absolute atomic E-state index is 0.0129. The van der Waals surface area contributed by atoms with E-state index >= 15 is 0 Å². The molecule has 0 aromatic heterocycles. The molecular formula is C25H18N2O7S2. The van der Waals surface area contributed by atoms with Crippen LogP contribution in [-0.4, -0.2) is 39.4 Å². The molecule has 1 aliphatic rings. The molecule has 36 heavy (non-hydrogen) atoms. The van der Waals surface area contributed by atoms with Crippen molar-refractivity contribution in [1.29, 1.82) is 0 Å². The van der Waals surface area contributed by atoms with Gasteiger partial charge in [0.25, 0.3) is 11.6 Å². The molecule has 0 aliphatic carbocycles. The van der Waals surface area contributed by atoms with Crippen molar-refractivity contribution in [3.05, 3.63) is 98.9 Å². The zero-order valence-electron chi connectivity index (χ0n) is 18.5. The Labute approximate surface area is 215 Å². The second-order valence-electron chi connectivity index (χ2n) is 7.39. The Bertz CT molecular complexity index is 1370. The number of hydrogen-bond acceptors (Lipinski definition) is 8. The summed E-state index contributed by atoms with van der Waals surface area (Å²) in [6, 6.07) is 19.0. The maximum atomic E-state index is 13.0. The van der Waals surface area contributed by atoms with Gasteiger partial charge in [-0.05, 0) is 54.1 Å². The van der Waals surface area contributed by atoms with E-state index in [1.807, 2.05) is 6.07 Å². The largest absolute Gasteiger partial charge is 0.490 e. The highest BCUT2D eigenvalue weighted by Gasteiger charge is 2.33. The normalized spacial score (nSPS) is 14.2. The fraction of sp³-hybridized carbons (Fsp3) is 0.0800. The lowest BCUT2D eigenvalue weighted by atomic mass is 10.1. The third kappa shape index (κ3) is 5.88. The average Bonchev–Trinajstić information content (AvgIpc) is 3.14. The molecule has 1 N–H and O–H groups in total. The van der Waals surface area contributed by atoms with Gasteiger partial charge in [0.2, 0.25) is 0 Å². The summed E-state index contributed by atoms with van der Waals surface area (Å²) in [6.45, 7) is 0.471. The van der Waals surface area contributed by atoms with Gasteiger partial charge in [0.15, 0.2) is 4.32 Å². The Balaban J connectivity index is 1.38. The van der Waals surface area contributed by atoms with Crippen molar-refractivity contribution in [2.45, 2.75) is 0 Å². The van der Waals surface area contributed by atoms with Gasteiger partial charge in [-0.25, -0.2) is 4.79 Å². The number of amides is 1. The molecule has 0 radical (unpaired) electrons. The van der Waals surface area contributed by atoms with Crippen LogP contribution in [0.2, 0.25) is 0 Å². The third-order valence-corrected chi connectivity index (χ3v) is 6.27. The highest BCUT2D eigenvalue weighted by Crippen LogP contribution is 2.36. The molecule has 0 bridgehead atoms. The number of thiocarbonyl (C=S) groups is 1. The number of carbonyl (C=O) groups excluding carboxylic acids is 1. The maximum Gasteiger partial charge on any atom is 0.335 e. The van der Waals surface area contributed by atoms with E-state index in [4.69, 9.17) is 21.7 Å². The lowest BCUT2D eigenvalue weighted by Crippen LogP contribution is -2.27. The van der Waals surface area contributed by atoms with Crippen molar-refractivity contribution in [2.75, 3.05) is 18.1 Å². The number of carboxylic acids is 1. The topological polar surface area (TPSA) is 119 Å². The number of ether oxygens (including phenoxy) is 2. The lowest BCUT2D eigenvalue weighted by Gasteiger charge is -2.14. The number of nitro benzene ring substituents is 1. The van der Waals surface area contributed by atoms with Crippen molar-refractivity contribution in [2.24, 2.45) is 0 Å². The number of rotatable bonds is 9. The summed E-state index contributed by atoms with van der Waals surface area (Å²) in [6.07, 6.45) is 1.70. The molecule has 0 atom stereocenters. The van der Waals surface area contributed by atoms with Gasteiger partial charge >= 0.3 is 5.97 Å². The zero-order chi connectivity index (χ0) is 25.7. The highest BCUT2D eigenvalue weighted by atomic mass is 32.2. The summed E-state index contributed by atoms with van der Waals surface area (Å²) in [5.41, 5.74) is 1.17.